The molecule has 2 amide bonds. The SMILES string of the molecule is CCCCCCCc1ccc(N2C(=O)CCCC2=O)cc1. The maximum Gasteiger partial charge on any atom is 0.233 e. The molecule has 21 heavy (non-hydrogen) atoms. The van der Waals surface area contributed by atoms with Crippen LogP contribution in [0.25, 0.3) is 0 Å². The zero-order valence-corrected chi connectivity index (χ0v) is 12.9. The summed E-state index contributed by atoms with van der Waals surface area (Å²) in [5, 5.41) is 0. The van der Waals surface area contributed by atoms with Crippen LogP contribution in [-0.2, 0) is 16.0 Å². The van der Waals surface area contributed by atoms with Gasteiger partial charge in [-0.3, -0.25) is 14.5 Å². The van der Waals surface area contributed by atoms with Gasteiger partial charge in [0.1, 0.15) is 0 Å². The Morgan fingerprint density at radius 2 is 1.52 bits per heavy atom. The molecule has 1 aromatic carbocycles. The molecule has 1 aliphatic heterocycles. The second kappa shape index (κ2) is 7.96. The van der Waals surface area contributed by atoms with E-state index in [4.69, 9.17) is 0 Å². The van der Waals surface area contributed by atoms with Crippen LogP contribution in [0.5, 0.6) is 0 Å². The molecule has 0 bridgehead atoms. The molecule has 1 fully saturated rings. The number of unbranched alkanes of at least 4 members (excludes halogenated alkanes) is 4. The van der Waals surface area contributed by atoms with Crippen LogP contribution < -0.4 is 4.90 Å². The maximum atomic E-state index is 11.9. The number of imide groups is 1. The summed E-state index contributed by atoms with van der Waals surface area (Å²) in [6, 6.07) is 7.90. The van der Waals surface area contributed by atoms with Gasteiger partial charge in [-0.05, 0) is 37.0 Å². The first-order chi connectivity index (χ1) is 10.2. The van der Waals surface area contributed by atoms with E-state index in [0.29, 0.717) is 19.3 Å². The Morgan fingerprint density at radius 1 is 0.905 bits per heavy atom. The van der Waals surface area contributed by atoms with E-state index in [0.717, 1.165) is 12.1 Å². The quantitative estimate of drug-likeness (QED) is 0.555. The van der Waals surface area contributed by atoms with Gasteiger partial charge in [-0.15, -0.1) is 0 Å². The first kappa shape index (κ1) is 15.7. The number of anilines is 1. The molecule has 0 spiro atoms. The normalized spacial score (nSPS) is 15.6. The molecular weight excluding hydrogens is 262 g/mol. The summed E-state index contributed by atoms with van der Waals surface area (Å²) in [7, 11) is 0. The fourth-order valence-corrected chi connectivity index (χ4v) is 2.79. The second-order valence-electron chi connectivity index (χ2n) is 5.81. The number of benzene rings is 1. The number of aryl methyl sites for hydroxylation is 1. The summed E-state index contributed by atoms with van der Waals surface area (Å²) < 4.78 is 0. The van der Waals surface area contributed by atoms with Gasteiger partial charge >= 0.3 is 0 Å². The molecule has 3 nitrogen and oxygen atoms in total. The number of nitrogens with zero attached hydrogens (tertiary/aromatic N) is 1. The highest BCUT2D eigenvalue weighted by molar-refractivity contribution is 6.16. The van der Waals surface area contributed by atoms with E-state index in [9.17, 15) is 9.59 Å². The van der Waals surface area contributed by atoms with Crippen LogP contribution in [0.4, 0.5) is 5.69 Å². The third-order valence-electron chi connectivity index (χ3n) is 4.04. The largest absolute Gasteiger partial charge is 0.274 e. The van der Waals surface area contributed by atoms with Gasteiger partial charge in [0, 0.05) is 12.8 Å². The summed E-state index contributed by atoms with van der Waals surface area (Å²) in [6.07, 6.45) is 9.10. The van der Waals surface area contributed by atoms with Crippen LogP contribution in [-0.4, -0.2) is 11.8 Å². The summed E-state index contributed by atoms with van der Waals surface area (Å²) in [5.74, 6) is -0.142. The van der Waals surface area contributed by atoms with Crippen molar-refractivity contribution in [1.82, 2.24) is 0 Å². The molecule has 1 aromatic rings. The van der Waals surface area contributed by atoms with Crippen LogP contribution in [0.2, 0.25) is 0 Å². The van der Waals surface area contributed by atoms with Gasteiger partial charge in [0.2, 0.25) is 11.8 Å². The highest BCUT2D eigenvalue weighted by atomic mass is 16.2. The zero-order valence-electron chi connectivity index (χ0n) is 12.9. The van der Waals surface area contributed by atoms with Crippen LogP contribution in [0.3, 0.4) is 0 Å². The average molecular weight is 287 g/mol. The second-order valence-corrected chi connectivity index (χ2v) is 5.81. The minimum atomic E-state index is -0.0708. The minimum absolute atomic E-state index is 0.0708. The van der Waals surface area contributed by atoms with Crippen molar-refractivity contribution in [2.45, 2.75) is 64.7 Å². The summed E-state index contributed by atoms with van der Waals surface area (Å²) >= 11 is 0. The van der Waals surface area contributed by atoms with Gasteiger partial charge < -0.3 is 0 Å². The van der Waals surface area contributed by atoms with Crippen molar-refractivity contribution >= 4 is 17.5 Å². The molecule has 0 atom stereocenters. The van der Waals surface area contributed by atoms with E-state index < -0.39 is 0 Å². The van der Waals surface area contributed by atoms with Crippen molar-refractivity contribution < 1.29 is 9.59 Å². The number of carbonyl (C=O) groups is 2. The van der Waals surface area contributed by atoms with Crippen molar-refractivity contribution in [3.05, 3.63) is 29.8 Å². The summed E-state index contributed by atoms with van der Waals surface area (Å²) in [5.41, 5.74) is 2.01. The molecule has 1 saturated heterocycles. The third kappa shape index (κ3) is 4.42. The molecule has 0 N–H and O–H groups in total. The lowest BCUT2D eigenvalue weighted by Crippen LogP contribution is -2.40. The molecule has 2 rings (SSSR count). The first-order valence-corrected chi connectivity index (χ1v) is 8.17. The number of hydrogen-bond acceptors (Lipinski definition) is 2. The third-order valence-corrected chi connectivity index (χ3v) is 4.04. The van der Waals surface area contributed by atoms with E-state index in [-0.39, 0.29) is 11.8 Å². The van der Waals surface area contributed by atoms with Gasteiger partial charge in [0.25, 0.3) is 0 Å². The van der Waals surface area contributed by atoms with Gasteiger partial charge in [-0.1, -0.05) is 44.7 Å². The number of carbonyl (C=O) groups excluding carboxylic acids is 2. The molecular formula is C18H25NO2. The number of piperidine rings is 1. The van der Waals surface area contributed by atoms with Gasteiger partial charge in [-0.25, -0.2) is 0 Å². The summed E-state index contributed by atoms with van der Waals surface area (Å²) in [6.45, 7) is 2.22. The van der Waals surface area contributed by atoms with Crippen molar-refractivity contribution in [2.24, 2.45) is 0 Å². The van der Waals surface area contributed by atoms with Gasteiger partial charge in [-0.2, -0.15) is 0 Å². The Kier molecular flexibility index (Phi) is 5.97. The average Bonchev–Trinajstić information content (AvgIpc) is 2.48. The van der Waals surface area contributed by atoms with E-state index in [1.165, 1.54) is 42.6 Å². The van der Waals surface area contributed by atoms with Crippen LogP contribution >= 0.6 is 0 Å². The van der Waals surface area contributed by atoms with Crippen molar-refractivity contribution in [1.29, 1.82) is 0 Å². The van der Waals surface area contributed by atoms with Crippen LogP contribution in [0, 0.1) is 0 Å². The van der Waals surface area contributed by atoms with Gasteiger partial charge in [0.05, 0.1) is 5.69 Å². The topological polar surface area (TPSA) is 37.4 Å². The molecule has 1 heterocycles. The Balaban J connectivity index is 1.89. The Labute approximate surface area is 127 Å². The van der Waals surface area contributed by atoms with Crippen LogP contribution in [0.15, 0.2) is 24.3 Å². The molecule has 0 aromatic heterocycles. The fourth-order valence-electron chi connectivity index (χ4n) is 2.79. The van der Waals surface area contributed by atoms with Crippen molar-refractivity contribution in [3.63, 3.8) is 0 Å². The predicted octanol–water partition coefficient (Wildman–Crippen LogP) is 4.24. The molecule has 3 heteroatoms. The molecule has 0 unspecified atom stereocenters. The smallest absolute Gasteiger partial charge is 0.233 e. The Morgan fingerprint density at radius 3 is 2.14 bits per heavy atom. The number of amides is 2. The lowest BCUT2D eigenvalue weighted by atomic mass is 10.0. The van der Waals surface area contributed by atoms with Crippen LogP contribution in [0.1, 0.15) is 63.9 Å². The zero-order chi connectivity index (χ0) is 15.1. The molecule has 0 saturated carbocycles. The fraction of sp³-hybridized carbons (Fsp3) is 0.556. The van der Waals surface area contributed by atoms with E-state index >= 15 is 0 Å². The van der Waals surface area contributed by atoms with E-state index in [1.807, 2.05) is 24.3 Å². The minimum Gasteiger partial charge on any atom is -0.274 e. The highest BCUT2D eigenvalue weighted by Crippen LogP contribution is 2.22. The van der Waals surface area contributed by atoms with Crippen molar-refractivity contribution in [3.8, 4) is 0 Å². The number of rotatable bonds is 7. The highest BCUT2D eigenvalue weighted by Gasteiger charge is 2.26. The van der Waals surface area contributed by atoms with Crippen molar-refractivity contribution in [2.75, 3.05) is 4.90 Å². The standard InChI is InChI=1S/C18H25NO2/c1-2-3-4-5-6-8-15-11-13-16(14-12-15)19-17(20)9-7-10-18(19)21/h11-14H,2-10H2,1H3. The Hall–Kier alpha value is -1.64. The molecule has 0 aliphatic carbocycles. The van der Waals surface area contributed by atoms with E-state index in [2.05, 4.69) is 6.92 Å². The summed E-state index contributed by atoms with van der Waals surface area (Å²) in [4.78, 5) is 25.1. The Bertz CT molecular complexity index is 462. The van der Waals surface area contributed by atoms with E-state index in [1.54, 1.807) is 0 Å². The molecule has 0 radical (unpaired) electrons. The monoisotopic (exact) mass is 287 g/mol. The lowest BCUT2D eigenvalue weighted by molar-refractivity contribution is -0.129. The maximum absolute atomic E-state index is 11.9. The molecule has 1 aliphatic rings. The van der Waals surface area contributed by atoms with Gasteiger partial charge in [0.15, 0.2) is 0 Å². The predicted molar refractivity (Wildman–Crippen MR) is 85.2 cm³/mol. The lowest BCUT2D eigenvalue weighted by Gasteiger charge is -2.24. The first-order valence-electron chi connectivity index (χ1n) is 8.17. The molecule has 114 valence electrons. The number of hydrogen-bond donors (Lipinski definition) is 0.